The van der Waals surface area contributed by atoms with Gasteiger partial charge < -0.3 is 18.8 Å². The Morgan fingerprint density at radius 3 is 2.79 bits per heavy atom. The molecule has 5 heteroatoms. The molecule has 0 aliphatic carbocycles. The number of nitrogens with zero attached hydrogens (tertiary/aromatic N) is 1. The number of hydrogen-bond donors (Lipinski definition) is 0. The monoisotopic (exact) mass is 329 g/mol. The molecular formula is C19H23NO4. The van der Waals surface area contributed by atoms with E-state index in [1.807, 2.05) is 42.5 Å². The van der Waals surface area contributed by atoms with Gasteiger partial charge in [-0.1, -0.05) is 30.3 Å². The number of benzene rings is 1. The zero-order valence-corrected chi connectivity index (χ0v) is 13.7. The molecule has 2 heterocycles. The summed E-state index contributed by atoms with van der Waals surface area (Å²) in [5.41, 5.74) is 1.06. The van der Waals surface area contributed by atoms with Gasteiger partial charge in [-0.2, -0.15) is 0 Å². The van der Waals surface area contributed by atoms with E-state index in [9.17, 15) is 4.79 Å². The zero-order chi connectivity index (χ0) is 16.6. The second-order valence-electron chi connectivity index (χ2n) is 5.97. The summed E-state index contributed by atoms with van der Waals surface area (Å²) < 4.78 is 16.6. The lowest BCUT2D eigenvalue weighted by atomic mass is 10.2. The number of hydrogen-bond acceptors (Lipinski definition) is 4. The average molecular weight is 329 g/mol. The number of carbonyl (C=O) groups excluding carboxylic acids is 1. The maximum absolute atomic E-state index is 12.6. The molecule has 128 valence electrons. The van der Waals surface area contributed by atoms with Crippen molar-refractivity contribution in [3.8, 4) is 0 Å². The summed E-state index contributed by atoms with van der Waals surface area (Å²) in [7, 11) is 0. The highest BCUT2D eigenvalue weighted by Gasteiger charge is 2.23. The quantitative estimate of drug-likeness (QED) is 0.747. The van der Waals surface area contributed by atoms with E-state index in [0.29, 0.717) is 19.7 Å². The largest absolute Gasteiger partial charge is 0.467 e. The highest BCUT2D eigenvalue weighted by atomic mass is 16.5. The van der Waals surface area contributed by atoms with Gasteiger partial charge in [0.25, 0.3) is 0 Å². The highest BCUT2D eigenvalue weighted by molar-refractivity contribution is 5.77. The molecular weight excluding hydrogens is 306 g/mol. The Bertz CT molecular complexity index is 606. The van der Waals surface area contributed by atoms with Crippen molar-refractivity contribution < 1.29 is 18.7 Å². The number of furan rings is 1. The minimum Gasteiger partial charge on any atom is -0.467 e. The number of amides is 1. The van der Waals surface area contributed by atoms with Crippen LogP contribution in [0.15, 0.2) is 53.1 Å². The standard InChI is InChI=1S/C19H23NO4/c21-19(15-22-14-16-6-2-1-3-7-16)20(12-17-8-4-10-23-17)13-18-9-5-11-24-18/h1-4,6-8,10,18H,5,9,11-15H2/t18-/m1/s1. The van der Waals surface area contributed by atoms with E-state index >= 15 is 0 Å². The van der Waals surface area contributed by atoms with Crippen LogP contribution < -0.4 is 0 Å². The van der Waals surface area contributed by atoms with Crippen LogP contribution in [0, 0.1) is 0 Å². The summed E-state index contributed by atoms with van der Waals surface area (Å²) in [5, 5.41) is 0. The third-order valence-electron chi connectivity index (χ3n) is 4.06. The van der Waals surface area contributed by atoms with Crippen molar-refractivity contribution in [3.05, 3.63) is 60.1 Å². The van der Waals surface area contributed by atoms with Gasteiger partial charge in [-0.15, -0.1) is 0 Å². The second-order valence-corrected chi connectivity index (χ2v) is 5.97. The van der Waals surface area contributed by atoms with Crippen LogP contribution in [0.3, 0.4) is 0 Å². The fraction of sp³-hybridized carbons (Fsp3) is 0.421. The van der Waals surface area contributed by atoms with E-state index in [-0.39, 0.29) is 18.6 Å². The molecule has 1 aromatic carbocycles. The predicted octanol–water partition coefficient (Wildman–Crippen LogP) is 3.00. The summed E-state index contributed by atoms with van der Waals surface area (Å²) >= 11 is 0. The van der Waals surface area contributed by atoms with Gasteiger partial charge in [0.15, 0.2) is 0 Å². The fourth-order valence-corrected chi connectivity index (χ4v) is 2.80. The molecule has 1 aliphatic heterocycles. The molecule has 3 rings (SSSR count). The maximum atomic E-state index is 12.6. The maximum Gasteiger partial charge on any atom is 0.249 e. The molecule has 5 nitrogen and oxygen atoms in total. The van der Waals surface area contributed by atoms with Crippen LogP contribution in [-0.2, 0) is 27.4 Å². The number of carbonyl (C=O) groups is 1. The lowest BCUT2D eigenvalue weighted by molar-refractivity contribution is -0.139. The van der Waals surface area contributed by atoms with Gasteiger partial charge in [0.1, 0.15) is 12.4 Å². The molecule has 1 fully saturated rings. The van der Waals surface area contributed by atoms with Crippen LogP contribution in [0.2, 0.25) is 0 Å². The van der Waals surface area contributed by atoms with E-state index in [1.54, 1.807) is 11.2 Å². The van der Waals surface area contributed by atoms with Crippen molar-refractivity contribution in [1.29, 1.82) is 0 Å². The van der Waals surface area contributed by atoms with E-state index < -0.39 is 0 Å². The lowest BCUT2D eigenvalue weighted by Gasteiger charge is -2.24. The third kappa shape index (κ3) is 4.94. The van der Waals surface area contributed by atoms with Gasteiger partial charge in [0.05, 0.1) is 25.5 Å². The minimum absolute atomic E-state index is 0.0437. The fourth-order valence-electron chi connectivity index (χ4n) is 2.80. The van der Waals surface area contributed by atoms with E-state index in [4.69, 9.17) is 13.9 Å². The van der Waals surface area contributed by atoms with Crippen LogP contribution in [0.1, 0.15) is 24.2 Å². The van der Waals surface area contributed by atoms with Crippen LogP contribution in [0.5, 0.6) is 0 Å². The van der Waals surface area contributed by atoms with Gasteiger partial charge >= 0.3 is 0 Å². The SMILES string of the molecule is O=C(COCc1ccccc1)N(Cc1ccco1)C[C@H]1CCCO1. The van der Waals surface area contributed by atoms with Crippen molar-refractivity contribution in [1.82, 2.24) is 4.90 Å². The normalized spacial score (nSPS) is 17.1. The average Bonchev–Trinajstić information content (AvgIpc) is 3.29. The molecule has 1 aliphatic rings. The third-order valence-corrected chi connectivity index (χ3v) is 4.06. The predicted molar refractivity (Wildman–Crippen MR) is 89.2 cm³/mol. The molecule has 0 saturated carbocycles. The first-order chi connectivity index (χ1) is 11.8. The van der Waals surface area contributed by atoms with Crippen molar-refractivity contribution in [2.75, 3.05) is 19.8 Å². The van der Waals surface area contributed by atoms with Crippen molar-refractivity contribution >= 4 is 5.91 Å². The molecule has 0 unspecified atom stereocenters. The molecule has 24 heavy (non-hydrogen) atoms. The Balaban J connectivity index is 1.53. The van der Waals surface area contributed by atoms with Crippen molar-refractivity contribution in [3.63, 3.8) is 0 Å². The summed E-state index contributed by atoms with van der Waals surface area (Å²) in [6.45, 7) is 2.29. The first kappa shape index (κ1) is 16.7. The van der Waals surface area contributed by atoms with Crippen molar-refractivity contribution in [2.24, 2.45) is 0 Å². The molecule has 2 aromatic rings. The molecule has 1 saturated heterocycles. The Morgan fingerprint density at radius 1 is 1.21 bits per heavy atom. The van der Waals surface area contributed by atoms with Gasteiger partial charge in [0.2, 0.25) is 5.91 Å². The summed E-state index contributed by atoms with van der Waals surface area (Å²) in [5.74, 6) is 0.724. The molecule has 0 N–H and O–H groups in total. The summed E-state index contributed by atoms with van der Waals surface area (Å²) in [6, 6.07) is 13.6. The zero-order valence-electron chi connectivity index (χ0n) is 13.7. The molecule has 0 radical (unpaired) electrons. The second kappa shape index (κ2) is 8.66. The summed E-state index contributed by atoms with van der Waals surface area (Å²) in [6.07, 6.45) is 3.78. The van der Waals surface area contributed by atoms with E-state index in [1.165, 1.54) is 0 Å². The molecule has 0 spiro atoms. The van der Waals surface area contributed by atoms with Gasteiger partial charge in [-0.3, -0.25) is 4.79 Å². The van der Waals surface area contributed by atoms with Crippen LogP contribution >= 0.6 is 0 Å². The Kier molecular flexibility index (Phi) is 6.04. The van der Waals surface area contributed by atoms with Crippen molar-refractivity contribution in [2.45, 2.75) is 32.1 Å². The van der Waals surface area contributed by atoms with Crippen LogP contribution in [0.25, 0.3) is 0 Å². The number of ether oxygens (including phenoxy) is 2. The molecule has 1 aromatic heterocycles. The van der Waals surface area contributed by atoms with Gasteiger partial charge in [-0.25, -0.2) is 0 Å². The smallest absolute Gasteiger partial charge is 0.249 e. The number of rotatable bonds is 8. The highest BCUT2D eigenvalue weighted by Crippen LogP contribution is 2.15. The van der Waals surface area contributed by atoms with Crippen LogP contribution in [-0.4, -0.2) is 36.7 Å². The van der Waals surface area contributed by atoms with Gasteiger partial charge in [0, 0.05) is 13.2 Å². The lowest BCUT2D eigenvalue weighted by Crippen LogP contribution is -2.38. The topological polar surface area (TPSA) is 51.9 Å². The summed E-state index contributed by atoms with van der Waals surface area (Å²) in [4.78, 5) is 14.3. The minimum atomic E-state index is -0.0437. The molecule has 1 amide bonds. The van der Waals surface area contributed by atoms with Crippen LogP contribution in [0.4, 0.5) is 0 Å². The Morgan fingerprint density at radius 2 is 2.08 bits per heavy atom. The van der Waals surface area contributed by atoms with E-state index in [0.717, 1.165) is 30.8 Å². The Labute approximate surface area is 142 Å². The Hall–Kier alpha value is -2.11. The molecule has 0 bridgehead atoms. The first-order valence-electron chi connectivity index (χ1n) is 8.34. The first-order valence-corrected chi connectivity index (χ1v) is 8.34. The molecule has 1 atom stereocenters. The van der Waals surface area contributed by atoms with Gasteiger partial charge in [-0.05, 0) is 30.5 Å². The van der Waals surface area contributed by atoms with E-state index in [2.05, 4.69) is 0 Å².